The molecular weight excluding hydrogens is 222 g/mol. The lowest BCUT2D eigenvalue weighted by atomic mass is 9.81. The molecule has 0 amide bonds. The number of nitrogens with zero attached hydrogens (tertiary/aromatic N) is 1. The van der Waals surface area contributed by atoms with Gasteiger partial charge in [0.05, 0.1) is 12.1 Å². The van der Waals surface area contributed by atoms with Crippen LogP contribution in [0.3, 0.4) is 0 Å². The molecule has 1 aliphatic rings. The lowest BCUT2D eigenvalue weighted by molar-refractivity contribution is 0.0272. The summed E-state index contributed by atoms with van der Waals surface area (Å²) in [5.41, 5.74) is 1.13. The molecule has 1 saturated heterocycles. The van der Waals surface area contributed by atoms with Gasteiger partial charge in [0.25, 0.3) is 0 Å². The number of ether oxygens (including phenoxy) is 1. The fourth-order valence-electron chi connectivity index (χ4n) is 3.05. The van der Waals surface area contributed by atoms with Gasteiger partial charge < -0.3 is 4.74 Å². The fraction of sp³-hybridized carbons (Fsp3) is 0.812. The van der Waals surface area contributed by atoms with E-state index < -0.39 is 0 Å². The molecular formula is C16H29NO. The monoisotopic (exact) mass is 251 g/mol. The molecule has 1 fully saturated rings. The highest BCUT2D eigenvalue weighted by molar-refractivity contribution is 5.28. The molecule has 1 rings (SSSR count). The van der Waals surface area contributed by atoms with Crippen LogP contribution in [0.5, 0.6) is 0 Å². The smallest absolute Gasteiger partial charge is 0.0805 e. The predicted molar refractivity (Wildman–Crippen MR) is 79.3 cm³/mol. The van der Waals surface area contributed by atoms with Gasteiger partial charge in [-0.3, -0.25) is 4.99 Å². The largest absolute Gasteiger partial charge is 0.374 e. The first kappa shape index (κ1) is 15.4. The van der Waals surface area contributed by atoms with Crippen molar-refractivity contribution < 1.29 is 4.74 Å². The van der Waals surface area contributed by atoms with Gasteiger partial charge >= 0.3 is 0 Å². The van der Waals surface area contributed by atoms with Gasteiger partial charge in [0.15, 0.2) is 0 Å². The van der Waals surface area contributed by atoms with Crippen LogP contribution in [0.25, 0.3) is 0 Å². The summed E-state index contributed by atoms with van der Waals surface area (Å²) in [6.07, 6.45) is 6.07. The number of aliphatic imine (C=N–C) groups is 1. The quantitative estimate of drug-likeness (QED) is 0.489. The van der Waals surface area contributed by atoms with Crippen LogP contribution in [-0.2, 0) is 4.74 Å². The molecule has 4 atom stereocenters. The molecule has 0 aromatic heterocycles. The van der Waals surface area contributed by atoms with E-state index in [1.165, 1.54) is 19.3 Å². The third kappa shape index (κ3) is 3.94. The van der Waals surface area contributed by atoms with E-state index in [9.17, 15) is 0 Å². The molecule has 1 heterocycles. The Morgan fingerprint density at radius 2 is 2.17 bits per heavy atom. The molecule has 0 aliphatic carbocycles. The van der Waals surface area contributed by atoms with E-state index in [1.807, 2.05) is 0 Å². The Morgan fingerprint density at radius 1 is 1.44 bits per heavy atom. The average Bonchev–Trinajstić information content (AvgIpc) is 2.38. The third-order valence-electron chi connectivity index (χ3n) is 4.35. The number of hydrogen-bond donors (Lipinski definition) is 0. The van der Waals surface area contributed by atoms with Gasteiger partial charge in [0.1, 0.15) is 0 Å². The summed E-state index contributed by atoms with van der Waals surface area (Å²) in [6, 6.07) is 0.210. The molecule has 104 valence electrons. The third-order valence-corrected chi connectivity index (χ3v) is 4.35. The van der Waals surface area contributed by atoms with Crippen molar-refractivity contribution >= 4 is 6.72 Å². The van der Waals surface area contributed by atoms with Crippen molar-refractivity contribution in [3.05, 3.63) is 12.2 Å². The SMILES string of the molecule is C=N[C@@H]1CCO[C@H](C[C@H](C)[C@H](CC)CCC)C1=C. The van der Waals surface area contributed by atoms with E-state index in [-0.39, 0.29) is 12.1 Å². The number of hydrogen-bond acceptors (Lipinski definition) is 2. The Bertz CT molecular complexity index is 274. The van der Waals surface area contributed by atoms with E-state index >= 15 is 0 Å². The van der Waals surface area contributed by atoms with Gasteiger partial charge in [-0.2, -0.15) is 0 Å². The minimum absolute atomic E-state index is 0.190. The molecule has 0 N–H and O–H groups in total. The van der Waals surface area contributed by atoms with E-state index in [0.29, 0.717) is 5.92 Å². The van der Waals surface area contributed by atoms with Crippen LogP contribution in [-0.4, -0.2) is 25.5 Å². The maximum atomic E-state index is 5.88. The van der Waals surface area contributed by atoms with Crippen molar-refractivity contribution in [3.8, 4) is 0 Å². The van der Waals surface area contributed by atoms with E-state index in [0.717, 1.165) is 30.9 Å². The predicted octanol–water partition coefficient (Wildman–Crippen LogP) is 4.25. The normalized spacial score (nSPS) is 27.8. The molecule has 0 aromatic carbocycles. The summed E-state index contributed by atoms with van der Waals surface area (Å²) in [5, 5.41) is 0. The van der Waals surface area contributed by atoms with Crippen molar-refractivity contribution in [2.45, 2.75) is 65.0 Å². The Hall–Kier alpha value is -0.630. The average molecular weight is 251 g/mol. The lowest BCUT2D eigenvalue weighted by Crippen LogP contribution is -2.33. The maximum Gasteiger partial charge on any atom is 0.0805 e. The molecule has 2 heteroatoms. The molecule has 0 aromatic rings. The van der Waals surface area contributed by atoms with Crippen LogP contribution in [0, 0.1) is 11.8 Å². The van der Waals surface area contributed by atoms with E-state index in [4.69, 9.17) is 4.74 Å². The number of rotatable bonds is 7. The first-order chi connectivity index (χ1) is 8.63. The molecule has 18 heavy (non-hydrogen) atoms. The first-order valence-electron chi connectivity index (χ1n) is 7.40. The van der Waals surface area contributed by atoms with Crippen LogP contribution >= 0.6 is 0 Å². The molecule has 2 nitrogen and oxygen atoms in total. The molecule has 0 bridgehead atoms. The minimum Gasteiger partial charge on any atom is -0.374 e. The summed E-state index contributed by atoms with van der Waals surface area (Å²) in [7, 11) is 0. The molecule has 0 saturated carbocycles. The Kier molecular flexibility index (Phi) is 6.62. The lowest BCUT2D eigenvalue weighted by Gasteiger charge is -2.33. The second-order valence-electron chi connectivity index (χ2n) is 5.59. The Balaban J connectivity index is 2.54. The van der Waals surface area contributed by atoms with E-state index in [2.05, 4.69) is 39.1 Å². The van der Waals surface area contributed by atoms with Gasteiger partial charge in [-0.15, -0.1) is 0 Å². The van der Waals surface area contributed by atoms with Crippen molar-refractivity contribution in [2.75, 3.05) is 6.61 Å². The summed E-state index contributed by atoms with van der Waals surface area (Å²) < 4.78 is 5.88. The van der Waals surface area contributed by atoms with Crippen LogP contribution in [0.1, 0.15) is 52.9 Å². The summed E-state index contributed by atoms with van der Waals surface area (Å²) in [5.74, 6) is 1.50. The van der Waals surface area contributed by atoms with Crippen molar-refractivity contribution in [3.63, 3.8) is 0 Å². The standard InChI is InChI=1S/C16H29NO/c1-6-8-14(7-2)12(3)11-16-13(4)15(17-5)9-10-18-16/h12,14-16H,4-11H2,1-3H3/t12-,14+,15+,16+/m0/s1. The van der Waals surface area contributed by atoms with Crippen LogP contribution in [0.2, 0.25) is 0 Å². The summed E-state index contributed by atoms with van der Waals surface area (Å²) >= 11 is 0. The molecule has 0 spiro atoms. The van der Waals surface area contributed by atoms with E-state index in [1.54, 1.807) is 0 Å². The highest BCUT2D eigenvalue weighted by Gasteiger charge is 2.28. The van der Waals surface area contributed by atoms with Crippen molar-refractivity contribution in [1.82, 2.24) is 0 Å². The van der Waals surface area contributed by atoms with Gasteiger partial charge in [0.2, 0.25) is 0 Å². The molecule has 0 unspecified atom stereocenters. The molecule has 1 aliphatic heterocycles. The zero-order valence-electron chi connectivity index (χ0n) is 12.3. The van der Waals surface area contributed by atoms with Gasteiger partial charge in [0, 0.05) is 6.61 Å². The Morgan fingerprint density at radius 3 is 2.72 bits per heavy atom. The van der Waals surface area contributed by atoms with Crippen LogP contribution in [0.4, 0.5) is 0 Å². The summed E-state index contributed by atoms with van der Waals surface area (Å²) in [4.78, 5) is 4.16. The second-order valence-corrected chi connectivity index (χ2v) is 5.59. The van der Waals surface area contributed by atoms with Crippen molar-refractivity contribution in [2.24, 2.45) is 16.8 Å². The van der Waals surface area contributed by atoms with Crippen LogP contribution in [0.15, 0.2) is 17.1 Å². The highest BCUT2D eigenvalue weighted by atomic mass is 16.5. The first-order valence-corrected chi connectivity index (χ1v) is 7.40. The highest BCUT2D eigenvalue weighted by Crippen LogP contribution is 2.31. The fourth-order valence-corrected chi connectivity index (χ4v) is 3.05. The van der Waals surface area contributed by atoms with Crippen LogP contribution < -0.4 is 0 Å². The zero-order valence-corrected chi connectivity index (χ0v) is 12.3. The van der Waals surface area contributed by atoms with Gasteiger partial charge in [-0.1, -0.05) is 46.6 Å². The maximum absolute atomic E-state index is 5.88. The van der Waals surface area contributed by atoms with Crippen molar-refractivity contribution in [1.29, 1.82) is 0 Å². The molecule has 0 radical (unpaired) electrons. The topological polar surface area (TPSA) is 21.6 Å². The van der Waals surface area contributed by atoms with Gasteiger partial charge in [-0.25, -0.2) is 0 Å². The minimum atomic E-state index is 0.190. The van der Waals surface area contributed by atoms with Gasteiger partial charge in [-0.05, 0) is 37.0 Å². The Labute approximate surface area is 113 Å². The summed E-state index contributed by atoms with van der Waals surface area (Å²) in [6.45, 7) is 15.5. The second kappa shape index (κ2) is 7.73. The zero-order chi connectivity index (χ0) is 13.5.